The summed E-state index contributed by atoms with van der Waals surface area (Å²) in [6.45, 7) is 0. The summed E-state index contributed by atoms with van der Waals surface area (Å²) in [7, 11) is 1.31. The standard InChI is InChI=1S/C17H17NO3/c1-21-17(20)15(12-13-8-4-2-5-9-13)18-16(19)14-10-6-3-7-11-14/h2-11,15H,12H2,1H3,(H,18,19)/t15-/m1/s1. The second-order valence-electron chi connectivity index (χ2n) is 4.60. The average molecular weight is 283 g/mol. The highest BCUT2D eigenvalue weighted by atomic mass is 16.5. The highest BCUT2D eigenvalue weighted by Gasteiger charge is 2.22. The Balaban J connectivity index is 2.10. The topological polar surface area (TPSA) is 55.4 Å². The van der Waals surface area contributed by atoms with Crippen LogP contribution in [-0.4, -0.2) is 25.0 Å². The summed E-state index contributed by atoms with van der Waals surface area (Å²) in [5, 5.41) is 2.72. The first-order valence-electron chi connectivity index (χ1n) is 6.68. The number of carbonyl (C=O) groups is 2. The summed E-state index contributed by atoms with van der Waals surface area (Å²) in [6, 6.07) is 17.6. The molecule has 0 aliphatic rings. The van der Waals surface area contributed by atoms with Crippen LogP contribution in [0.4, 0.5) is 0 Å². The average Bonchev–Trinajstić information content (AvgIpc) is 2.55. The van der Waals surface area contributed by atoms with Crippen LogP contribution in [0.25, 0.3) is 0 Å². The molecule has 2 rings (SSSR count). The van der Waals surface area contributed by atoms with Crippen LogP contribution in [0.5, 0.6) is 0 Å². The molecule has 0 heterocycles. The van der Waals surface area contributed by atoms with Crippen molar-refractivity contribution in [2.24, 2.45) is 0 Å². The maximum absolute atomic E-state index is 12.1. The van der Waals surface area contributed by atoms with Gasteiger partial charge in [0.2, 0.25) is 0 Å². The number of amides is 1. The van der Waals surface area contributed by atoms with Crippen LogP contribution in [0.3, 0.4) is 0 Å². The third-order valence-electron chi connectivity index (χ3n) is 3.11. The van der Waals surface area contributed by atoms with Crippen molar-refractivity contribution in [2.45, 2.75) is 12.5 Å². The fourth-order valence-electron chi connectivity index (χ4n) is 2.02. The minimum absolute atomic E-state index is 0.290. The molecule has 2 aromatic rings. The number of ether oxygens (including phenoxy) is 1. The monoisotopic (exact) mass is 283 g/mol. The van der Waals surface area contributed by atoms with Crippen LogP contribution < -0.4 is 5.32 Å². The number of esters is 1. The van der Waals surface area contributed by atoms with E-state index in [2.05, 4.69) is 5.32 Å². The van der Waals surface area contributed by atoms with Crippen molar-refractivity contribution in [3.63, 3.8) is 0 Å². The molecular formula is C17H17NO3. The molecule has 0 unspecified atom stereocenters. The number of carbonyl (C=O) groups excluding carboxylic acids is 2. The van der Waals surface area contributed by atoms with Crippen molar-refractivity contribution in [2.75, 3.05) is 7.11 Å². The van der Waals surface area contributed by atoms with E-state index in [4.69, 9.17) is 4.74 Å². The van der Waals surface area contributed by atoms with E-state index in [1.165, 1.54) is 7.11 Å². The largest absolute Gasteiger partial charge is 0.467 e. The first-order chi connectivity index (χ1) is 10.2. The van der Waals surface area contributed by atoms with Crippen LogP contribution in [0.15, 0.2) is 60.7 Å². The maximum Gasteiger partial charge on any atom is 0.328 e. The number of hydrogen-bond donors (Lipinski definition) is 1. The van der Waals surface area contributed by atoms with Crippen molar-refractivity contribution >= 4 is 11.9 Å². The van der Waals surface area contributed by atoms with Crippen molar-refractivity contribution in [3.05, 3.63) is 71.8 Å². The van der Waals surface area contributed by atoms with Crippen molar-refractivity contribution in [3.8, 4) is 0 Å². The Morgan fingerprint density at radius 2 is 1.57 bits per heavy atom. The SMILES string of the molecule is COC(=O)[C@@H](Cc1ccccc1)NC(=O)c1ccccc1. The second kappa shape index (κ2) is 7.24. The van der Waals surface area contributed by atoms with Gasteiger partial charge in [-0.05, 0) is 17.7 Å². The fourth-order valence-corrected chi connectivity index (χ4v) is 2.02. The lowest BCUT2D eigenvalue weighted by Gasteiger charge is -2.16. The molecule has 0 radical (unpaired) electrons. The summed E-state index contributed by atoms with van der Waals surface area (Å²) < 4.78 is 4.77. The van der Waals surface area contributed by atoms with Gasteiger partial charge in [-0.25, -0.2) is 4.79 Å². The van der Waals surface area contributed by atoms with Gasteiger partial charge >= 0.3 is 5.97 Å². The molecule has 0 spiro atoms. The first-order valence-corrected chi connectivity index (χ1v) is 6.68. The van der Waals surface area contributed by atoms with Crippen molar-refractivity contribution < 1.29 is 14.3 Å². The van der Waals surface area contributed by atoms with E-state index >= 15 is 0 Å². The summed E-state index contributed by atoms with van der Waals surface area (Å²) in [4.78, 5) is 24.0. The molecule has 1 N–H and O–H groups in total. The smallest absolute Gasteiger partial charge is 0.328 e. The van der Waals surface area contributed by atoms with Gasteiger partial charge in [0, 0.05) is 12.0 Å². The summed E-state index contributed by atoms with van der Waals surface area (Å²) in [6.07, 6.45) is 0.395. The Kier molecular flexibility index (Phi) is 5.10. The molecule has 4 heteroatoms. The Morgan fingerprint density at radius 1 is 1.00 bits per heavy atom. The molecule has 0 aliphatic carbocycles. The summed E-state index contributed by atoms with van der Waals surface area (Å²) in [5.41, 5.74) is 1.47. The third-order valence-corrected chi connectivity index (χ3v) is 3.11. The number of nitrogens with one attached hydrogen (secondary N) is 1. The Labute approximate surface area is 123 Å². The van der Waals surface area contributed by atoms with Crippen LogP contribution >= 0.6 is 0 Å². The van der Waals surface area contributed by atoms with E-state index in [-0.39, 0.29) is 5.91 Å². The molecule has 4 nitrogen and oxygen atoms in total. The molecular weight excluding hydrogens is 266 g/mol. The van der Waals surface area contributed by atoms with Crippen molar-refractivity contribution in [1.82, 2.24) is 5.32 Å². The van der Waals surface area contributed by atoms with Crippen LogP contribution in [0.1, 0.15) is 15.9 Å². The Morgan fingerprint density at radius 3 is 2.14 bits per heavy atom. The van der Waals surface area contributed by atoms with E-state index in [9.17, 15) is 9.59 Å². The molecule has 21 heavy (non-hydrogen) atoms. The zero-order valence-corrected chi connectivity index (χ0v) is 11.8. The van der Waals surface area contributed by atoms with Crippen molar-refractivity contribution in [1.29, 1.82) is 0 Å². The van der Waals surface area contributed by atoms with Gasteiger partial charge < -0.3 is 10.1 Å². The predicted octanol–water partition coefficient (Wildman–Crippen LogP) is 2.20. The van der Waals surface area contributed by atoms with Gasteiger partial charge in [0.15, 0.2) is 0 Å². The molecule has 2 aromatic carbocycles. The molecule has 0 fully saturated rings. The highest BCUT2D eigenvalue weighted by Crippen LogP contribution is 2.06. The summed E-state index contributed by atoms with van der Waals surface area (Å²) >= 11 is 0. The molecule has 0 saturated carbocycles. The third kappa shape index (κ3) is 4.18. The minimum atomic E-state index is -0.704. The highest BCUT2D eigenvalue weighted by molar-refractivity contribution is 5.96. The zero-order valence-electron chi connectivity index (χ0n) is 11.8. The lowest BCUT2D eigenvalue weighted by molar-refractivity contribution is -0.142. The number of benzene rings is 2. The van der Waals surface area contributed by atoms with Gasteiger partial charge in [0.05, 0.1) is 7.11 Å². The lowest BCUT2D eigenvalue weighted by Crippen LogP contribution is -2.43. The molecule has 1 amide bonds. The van der Waals surface area contributed by atoms with E-state index in [0.717, 1.165) is 5.56 Å². The van der Waals surface area contributed by atoms with Crippen LogP contribution in [0, 0.1) is 0 Å². The van der Waals surface area contributed by atoms with E-state index in [1.807, 2.05) is 36.4 Å². The molecule has 0 aromatic heterocycles. The Bertz CT molecular complexity index is 596. The van der Waals surface area contributed by atoms with E-state index in [1.54, 1.807) is 24.3 Å². The van der Waals surface area contributed by atoms with Gasteiger partial charge in [0.25, 0.3) is 5.91 Å². The molecule has 0 saturated heterocycles. The first kappa shape index (κ1) is 14.8. The van der Waals surface area contributed by atoms with Gasteiger partial charge in [-0.2, -0.15) is 0 Å². The quantitative estimate of drug-likeness (QED) is 0.856. The van der Waals surface area contributed by atoms with Gasteiger partial charge in [-0.3, -0.25) is 4.79 Å². The van der Waals surface area contributed by atoms with Crippen LogP contribution in [0.2, 0.25) is 0 Å². The number of rotatable bonds is 5. The normalized spacial score (nSPS) is 11.5. The molecule has 108 valence electrons. The molecule has 0 bridgehead atoms. The fraction of sp³-hybridized carbons (Fsp3) is 0.176. The Hall–Kier alpha value is -2.62. The van der Waals surface area contributed by atoms with Gasteiger partial charge in [-0.1, -0.05) is 48.5 Å². The minimum Gasteiger partial charge on any atom is -0.467 e. The molecule has 1 atom stereocenters. The van der Waals surface area contributed by atoms with Crippen LogP contribution in [-0.2, 0) is 16.0 Å². The van der Waals surface area contributed by atoms with Gasteiger partial charge in [-0.15, -0.1) is 0 Å². The second-order valence-corrected chi connectivity index (χ2v) is 4.60. The lowest BCUT2D eigenvalue weighted by atomic mass is 10.1. The summed E-state index contributed by atoms with van der Waals surface area (Å²) in [5.74, 6) is -0.745. The number of hydrogen-bond acceptors (Lipinski definition) is 3. The predicted molar refractivity (Wildman–Crippen MR) is 79.9 cm³/mol. The molecule has 0 aliphatic heterocycles. The number of methoxy groups -OCH3 is 1. The van der Waals surface area contributed by atoms with E-state index in [0.29, 0.717) is 12.0 Å². The van der Waals surface area contributed by atoms with E-state index < -0.39 is 12.0 Å². The maximum atomic E-state index is 12.1. The zero-order chi connectivity index (χ0) is 15.1. The van der Waals surface area contributed by atoms with Gasteiger partial charge in [0.1, 0.15) is 6.04 Å².